The number of aliphatic hydroxyl groups excluding tert-OH is 1. The normalized spacial score (nSPS) is 31.3. The first-order chi connectivity index (χ1) is 17.6. The Morgan fingerprint density at radius 2 is 1.36 bits per heavy atom. The highest BCUT2D eigenvalue weighted by molar-refractivity contribution is 5.35. The summed E-state index contributed by atoms with van der Waals surface area (Å²) in [5.41, 5.74) is 1.23. The molecule has 6 heteroatoms. The van der Waals surface area contributed by atoms with Crippen molar-refractivity contribution in [2.24, 2.45) is 0 Å². The number of benzene rings is 3. The molecular weight excluding hydrogens is 456 g/mol. The Balaban J connectivity index is 1.49. The molecule has 6 nitrogen and oxygen atoms in total. The second-order valence-electron chi connectivity index (χ2n) is 9.29. The topological polar surface area (TPSA) is 77.4 Å². The van der Waals surface area contributed by atoms with Crippen LogP contribution in [-0.4, -0.2) is 53.1 Å². The van der Waals surface area contributed by atoms with Crippen molar-refractivity contribution < 1.29 is 29.2 Å². The minimum atomic E-state index is -1.52. The van der Waals surface area contributed by atoms with E-state index in [1.807, 2.05) is 91.0 Å². The van der Waals surface area contributed by atoms with Crippen LogP contribution in [0.4, 0.5) is 0 Å². The van der Waals surface area contributed by atoms with Gasteiger partial charge in [-0.15, -0.1) is 6.58 Å². The summed E-state index contributed by atoms with van der Waals surface area (Å²) in [7, 11) is 0. The third kappa shape index (κ3) is 4.76. The maximum Gasteiger partial charge on any atom is 0.187 e. The van der Waals surface area contributed by atoms with Crippen LogP contribution in [0.5, 0.6) is 0 Å². The van der Waals surface area contributed by atoms with Gasteiger partial charge < -0.3 is 29.2 Å². The molecule has 0 bridgehead atoms. The third-order valence-electron chi connectivity index (χ3n) is 7.00. The molecule has 2 fully saturated rings. The van der Waals surface area contributed by atoms with Crippen LogP contribution in [0.25, 0.3) is 0 Å². The highest BCUT2D eigenvalue weighted by Gasteiger charge is 2.72. The van der Waals surface area contributed by atoms with Crippen molar-refractivity contribution in [3.8, 4) is 0 Å². The summed E-state index contributed by atoms with van der Waals surface area (Å²) in [6, 6.07) is 29.0. The van der Waals surface area contributed by atoms with E-state index >= 15 is 0 Å². The standard InChI is InChI=1S/C30H32O6/c1-2-18-33-29-26(34-19-21-12-6-3-7-13-21)28(35-20-22-14-8-4-9-15-22)30(32)24(25(31)27(30)36-29)23-16-10-5-11-17-23/h2-17,24-29,31-32H,1,18-20H2/t24?,25?,26-,27-,28-,29+,30-/m1/s1. The van der Waals surface area contributed by atoms with E-state index in [2.05, 4.69) is 6.58 Å². The molecule has 7 atom stereocenters. The van der Waals surface area contributed by atoms with E-state index in [0.717, 1.165) is 16.7 Å². The Labute approximate surface area is 211 Å². The summed E-state index contributed by atoms with van der Waals surface area (Å²) in [6.45, 7) is 4.51. The average molecular weight is 489 g/mol. The lowest BCUT2D eigenvalue weighted by Gasteiger charge is -2.63. The van der Waals surface area contributed by atoms with Gasteiger partial charge in [0.15, 0.2) is 6.29 Å². The molecule has 2 N–H and O–H groups in total. The highest BCUT2D eigenvalue weighted by atomic mass is 16.7. The van der Waals surface area contributed by atoms with Gasteiger partial charge in [0.1, 0.15) is 23.9 Å². The van der Waals surface area contributed by atoms with Crippen molar-refractivity contribution >= 4 is 0 Å². The van der Waals surface area contributed by atoms with Crippen LogP contribution < -0.4 is 0 Å². The van der Waals surface area contributed by atoms with E-state index in [0.29, 0.717) is 0 Å². The Bertz CT molecular complexity index is 1110. The monoisotopic (exact) mass is 488 g/mol. The zero-order chi connectivity index (χ0) is 25.0. The molecule has 36 heavy (non-hydrogen) atoms. The van der Waals surface area contributed by atoms with Crippen LogP contribution in [0.1, 0.15) is 22.6 Å². The molecule has 0 aromatic heterocycles. The summed E-state index contributed by atoms with van der Waals surface area (Å²) >= 11 is 0. The van der Waals surface area contributed by atoms with Gasteiger partial charge in [-0.2, -0.15) is 0 Å². The Kier molecular flexibility index (Phi) is 7.62. The predicted molar refractivity (Wildman–Crippen MR) is 135 cm³/mol. The van der Waals surface area contributed by atoms with Crippen molar-refractivity contribution in [3.05, 3.63) is 120 Å². The number of hydrogen-bond donors (Lipinski definition) is 2. The van der Waals surface area contributed by atoms with Crippen molar-refractivity contribution in [3.63, 3.8) is 0 Å². The second-order valence-corrected chi connectivity index (χ2v) is 9.29. The van der Waals surface area contributed by atoms with Crippen LogP contribution in [0.15, 0.2) is 104 Å². The van der Waals surface area contributed by atoms with Gasteiger partial charge in [-0.05, 0) is 16.7 Å². The van der Waals surface area contributed by atoms with Gasteiger partial charge in [0.05, 0.1) is 25.9 Å². The minimum Gasteiger partial charge on any atom is -0.390 e. The van der Waals surface area contributed by atoms with E-state index in [1.54, 1.807) is 6.08 Å². The first-order valence-corrected chi connectivity index (χ1v) is 12.3. The Morgan fingerprint density at radius 1 is 0.806 bits per heavy atom. The molecule has 3 aromatic carbocycles. The summed E-state index contributed by atoms with van der Waals surface area (Å²) in [5, 5.41) is 23.3. The SMILES string of the molecule is C=CCO[C@H]1O[C@@H]2C(O)C(c3ccccc3)[C@]2(O)[C@H](OCc2ccccc2)[C@H]1OCc1ccccc1. The number of ether oxygens (including phenoxy) is 4. The van der Waals surface area contributed by atoms with E-state index in [-0.39, 0.29) is 19.8 Å². The smallest absolute Gasteiger partial charge is 0.187 e. The maximum atomic E-state index is 12.2. The molecule has 0 spiro atoms. The van der Waals surface area contributed by atoms with Gasteiger partial charge >= 0.3 is 0 Å². The molecule has 2 unspecified atom stereocenters. The third-order valence-corrected chi connectivity index (χ3v) is 7.00. The Hall–Kier alpha value is -2.84. The lowest BCUT2D eigenvalue weighted by Crippen LogP contribution is -2.81. The fraction of sp³-hybridized carbons (Fsp3) is 0.333. The van der Waals surface area contributed by atoms with Crippen molar-refractivity contribution in [1.82, 2.24) is 0 Å². The molecule has 1 aliphatic heterocycles. The molecule has 1 heterocycles. The summed E-state index contributed by atoms with van der Waals surface area (Å²) < 4.78 is 24.9. The van der Waals surface area contributed by atoms with Crippen LogP contribution in [0.2, 0.25) is 0 Å². The van der Waals surface area contributed by atoms with Crippen molar-refractivity contribution in [2.45, 2.75) is 55.4 Å². The molecule has 5 rings (SSSR count). The van der Waals surface area contributed by atoms with Crippen LogP contribution in [-0.2, 0) is 32.2 Å². The lowest BCUT2D eigenvalue weighted by molar-refractivity contribution is -0.397. The molecule has 0 amide bonds. The molecule has 1 saturated carbocycles. The summed E-state index contributed by atoms with van der Waals surface area (Å²) in [4.78, 5) is 0. The van der Waals surface area contributed by atoms with Gasteiger partial charge in [-0.1, -0.05) is 97.1 Å². The first-order valence-electron chi connectivity index (χ1n) is 12.3. The number of rotatable bonds is 10. The molecule has 3 aromatic rings. The van der Waals surface area contributed by atoms with Gasteiger partial charge in [0.25, 0.3) is 0 Å². The zero-order valence-corrected chi connectivity index (χ0v) is 20.1. The fourth-order valence-corrected chi connectivity index (χ4v) is 5.28. The highest BCUT2D eigenvalue weighted by Crippen LogP contribution is 2.55. The molecule has 188 valence electrons. The van der Waals surface area contributed by atoms with Crippen LogP contribution in [0.3, 0.4) is 0 Å². The fourth-order valence-electron chi connectivity index (χ4n) is 5.28. The molecular formula is C30H32O6. The lowest BCUT2D eigenvalue weighted by atomic mass is 9.57. The molecule has 0 radical (unpaired) electrons. The average Bonchev–Trinajstić information content (AvgIpc) is 2.92. The van der Waals surface area contributed by atoms with Crippen molar-refractivity contribution in [1.29, 1.82) is 0 Å². The predicted octanol–water partition coefficient (Wildman–Crippen LogP) is 3.97. The largest absolute Gasteiger partial charge is 0.390 e. The van der Waals surface area contributed by atoms with Gasteiger partial charge in [-0.3, -0.25) is 0 Å². The molecule has 1 aliphatic carbocycles. The number of aliphatic hydroxyl groups is 2. The summed E-state index contributed by atoms with van der Waals surface area (Å²) in [5.74, 6) is -0.604. The molecule has 1 saturated heterocycles. The van der Waals surface area contributed by atoms with Crippen molar-refractivity contribution in [2.75, 3.05) is 6.61 Å². The number of hydrogen-bond acceptors (Lipinski definition) is 6. The van der Waals surface area contributed by atoms with Gasteiger partial charge in [0, 0.05) is 5.92 Å². The van der Waals surface area contributed by atoms with Crippen LogP contribution in [0, 0.1) is 0 Å². The minimum absolute atomic E-state index is 0.227. The maximum absolute atomic E-state index is 12.2. The first kappa shape index (κ1) is 24.8. The number of fused-ring (bicyclic) bond motifs is 1. The van der Waals surface area contributed by atoms with E-state index in [9.17, 15) is 10.2 Å². The van der Waals surface area contributed by atoms with Gasteiger partial charge in [0.2, 0.25) is 0 Å². The quantitative estimate of drug-likeness (QED) is 0.421. The van der Waals surface area contributed by atoms with E-state index in [1.165, 1.54) is 0 Å². The van der Waals surface area contributed by atoms with E-state index < -0.39 is 42.2 Å². The summed E-state index contributed by atoms with van der Waals surface area (Å²) in [6.07, 6.45) is -2.64. The Morgan fingerprint density at radius 3 is 1.94 bits per heavy atom. The van der Waals surface area contributed by atoms with E-state index in [4.69, 9.17) is 18.9 Å². The zero-order valence-electron chi connectivity index (χ0n) is 20.1. The molecule has 2 aliphatic rings. The second kappa shape index (κ2) is 11.0. The van der Waals surface area contributed by atoms with Crippen LogP contribution >= 0.6 is 0 Å². The van der Waals surface area contributed by atoms with Gasteiger partial charge in [-0.25, -0.2) is 0 Å².